The fourth-order valence-corrected chi connectivity index (χ4v) is 2.78. The fraction of sp³-hybridized carbons (Fsp3) is 0.917. The molecule has 0 radical (unpaired) electrons. The second-order valence-corrected chi connectivity index (χ2v) is 5.22. The van der Waals surface area contributed by atoms with Crippen LogP contribution in [0, 0.1) is 17.8 Å². The van der Waals surface area contributed by atoms with Gasteiger partial charge in [-0.3, -0.25) is 4.79 Å². The Hall–Kier alpha value is -0.370. The van der Waals surface area contributed by atoms with E-state index >= 15 is 0 Å². The van der Waals surface area contributed by atoms with E-state index in [9.17, 15) is 9.90 Å². The summed E-state index contributed by atoms with van der Waals surface area (Å²) in [6.45, 7) is 7.82. The van der Waals surface area contributed by atoms with E-state index in [1.165, 1.54) is 6.92 Å². The van der Waals surface area contributed by atoms with E-state index in [0.29, 0.717) is 18.3 Å². The Labute approximate surface area is 86.7 Å². The SMILES string of the molecule is CC(=O)[C@@]1(O)C[C@H](C)CC[C@H]1C(C)C. The number of Topliss-reactive ketones (excluding diaryl/α,β-unsaturated/α-hetero) is 1. The van der Waals surface area contributed by atoms with Crippen LogP contribution in [0.2, 0.25) is 0 Å². The minimum absolute atomic E-state index is 0.0530. The third-order valence-electron chi connectivity index (χ3n) is 3.66. The molecule has 1 rings (SSSR count). The average Bonchev–Trinajstić information content (AvgIpc) is 2.02. The molecule has 0 aromatic carbocycles. The quantitative estimate of drug-likeness (QED) is 0.739. The fourth-order valence-electron chi connectivity index (χ4n) is 2.78. The number of aliphatic hydroxyl groups is 1. The number of rotatable bonds is 2. The molecule has 1 aliphatic carbocycles. The Kier molecular flexibility index (Phi) is 3.36. The number of hydrogen-bond acceptors (Lipinski definition) is 2. The molecular weight excluding hydrogens is 176 g/mol. The summed E-state index contributed by atoms with van der Waals surface area (Å²) in [6, 6.07) is 0. The third kappa shape index (κ3) is 2.00. The molecule has 0 aromatic heterocycles. The van der Waals surface area contributed by atoms with Gasteiger partial charge in [-0.05, 0) is 37.5 Å². The summed E-state index contributed by atoms with van der Waals surface area (Å²) < 4.78 is 0. The molecule has 14 heavy (non-hydrogen) atoms. The lowest BCUT2D eigenvalue weighted by Crippen LogP contribution is -2.50. The van der Waals surface area contributed by atoms with Gasteiger partial charge in [-0.25, -0.2) is 0 Å². The Bertz CT molecular complexity index is 222. The standard InChI is InChI=1S/C12H22O2/c1-8(2)11-6-5-9(3)7-12(11,14)10(4)13/h8-9,11,14H,5-7H2,1-4H3/t9-,11+,12+/m1/s1. The molecule has 0 aromatic rings. The van der Waals surface area contributed by atoms with Crippen molar-refractivity contribution in [1.29, 1.82) is 0 Å². The van der Waals surface area contributed by atoms with Crippen molar-refractivity contribution in [1.82, 2.24) is 0 Å². The van der Waals surface area contributed by atoms with Gasteiger partial charge in [0.25, 0.3) is 0 Å². The zero-order valence-corrected chi connectivity index (χ0v) is 9.71. The van der Waals surface area contributed by atoms with Crippen LogP contribution in [-0.4, -0.2) is 16.5 Å². The zero-order chi connectivity index (χ0) is 10.9. The van der Waals surface area contributed by atoms with Gasteiger partial charge >= 0.3 is 0 Å². The van der Waals surface area contributed by atoms with Crippen LogP contribution >= 0.6 is 0 Å². The van der Waals surface area contributed by atoms with Gasteiger partial charge in [0.15, 0.2) is 5.78 Å². The third-order valence-corrected chi connectivity index (χ3v) is 3.66. The molecule has 2 heteroatoms. The molecule has 82 valence electrons. The average molecular weight is 198 g/mol. The van der Waals surface area contributed by atoms with Crippen molar-refractivity contribution >= 4 is 5.78 Å². The number of hydrogen-bond donors (Lipinski definition) is 1. The van der Waals surface area contributed by atoms with Crippen LogP contribution in [0.15, 0.2) is 0 Å². The minimum atomic E-state index is -1.05. The molecule has 0 spiro atoms. The molecule has 1 aliphatic rings. The maximum atomic E-state index is 11.5. The van der Waals surface area contributed by atoms with Crippen LogP contribution in [0.25, 0.3) is 0 Å². The Morgan fingerprint density at radius 2 is 2.00 bits per heavy atom. The van der Waals surface area contributed by atoms with Crippen molar-refractivity contribution in [2.75, 3.05) is 0 Å². The van der Waals surface area contributed by atoms with Gasteiger partial charge in [0.1, 0.15) is 5.60 Å². The predicted octanol–water partition coefficient (Wildman–Crippen LogP) is 2.40. The van der Waals surface area contributed by atoms with Gasteiger partial charge in [0.2, 0.25) is 0 Å². The van der Waals surface area contributed by atoms with Crippen LogP contribution in [0.3, 0.4) is 0 Å². The van der Waals surface area contributed by atoms with Crippen LogP contribution in [-0.2, 0) is 4.79 Å². The van der Waals surface area contributed by atoms with E-state index in [0.717, 1.165) is 12.8 Å². The Morgan fingerprint density at radius 3 is 2.43 bits per heavy atom. The number of carbonyl (C=O) groups is 1. The first-order valence-corrected chi connectivity index (χ1v) is 5.61. The lowest BCUT2D eigenvalue weighted by molar-refractivity contribution is -0.150. The molecule has 3 atom stereocenters. The van der Waals surface area contributed by atoms with Crippen molar-refractivity contribution in [2.45, 2.75) is 52.6 Å². The largest absolute Gasteiger partial charge is 0.382 e. The summed E-state index contributed by atoms with van der Waals surface area (Å²) in [4.78, 5) is 11.5. The molecule has 0 aliphatic heterocycles. The second-order valence-electron chi connectivity index (χ2n) is 5.22. The molecule has 0 bridgehead atoms. The summed E-state index contributed by atoms with van der Waals surface area (Å²) in [7, 11) is 0. The number of carbonyl (C=O) groups excluding carboxylic acids is 1. The van der Waals surface area contributed by atoms with Crippen LogP contribution in [0.5, 0.6) is 0 Å². The first-order valence-electron chi connectivity index (χ1n) is 5.61. The van der Waals surface area contributed by atoms with Gasteiger partial charge in [-0.2, -0.15) is 0 Å². The maximum absolute atomic E-state index is 11.5. The topological polar surface area (TPSA) is 37.3 Å². The van der Waals surface area contributed by atoms with E-state index in [4.69, 9.17) is 0 Å². The van der Waals surface area contributed by atoms with Crippen molar-refractivity contribution in [3.05, 3.63) is 0 Å². The lowest BCUT2D eigenvalue weighted by atomic mass is 9.65. The maximum Gasteiger partial charge on any atom is 0.161 e. The summed E-state index contributed by atoms with van der Waals surface area (Å²) in [6.07, 6.45) is 2.76. The second kappa shape index (κ2) is 4.01. The molecule has 1 N–H and O–H groups in total. The van der Waals surface area contributed by atoms with Gasteiger partial charge < -0.3 is 5.11 Å². The van der Waals surface area contributed by atoms with Crippen molar-refractivity contribution < 1.29 is 9.90 Å². The van der Waals surface area contributed by atoms with Crippen molar-refractivity contribution in [3.63, 3.8) is 0 Å². The van der Waals surface area contributed by atoms with E-state index in [1.807, 2.05) is 0 Å². The normalized spacial score (nSPS) is 38.7. The van der Waals surface area contributed by atoms with E-state index in [1.54, 1.807) is 0 Å². The van der Waals surface area contributed by atoms with Crippen LogP contribution in [0.4, 0.5) is 0 Å². The van der Waals surface area contributed by atoms with E-state index < -0.39 is 5.60 Å². The summed E-state index contributed by atoms with van der Waals surface area (Å²) in [5.74, 6) is 0.953. The summed E-state index contributed by atoms with van der Waals surface area (Å²) in [5.41, 5.74) is -1.05. The van der Waals surface area contributed by atoms with Crippen LogP contribution < -0.4 is 0 Å². The van der Waals surface area contributed by atoms with E-state index in [-0.39, 0.29) is 11.7 Å². The highest BCUT2D eigenvalue weighted by molar-refractivity contribution is 5.85. The number of ketones is 1. The highest BCUT2D eigenvalue weighted by Gasteiger charge is 2.46. The molecule has 1 fully saturated rings. The molecule has 1 saturated carbocycles. The summed E-state index contributed by atoms with van der Waals surface area (Å²) in [5, 5.41) is 10.4. The van der Waals surface area contributed by atoms with Gasteiger partial charge in [0.05, 0.1) is 0 Å². The van der Waals surface area contributed by atoms with Crippen molar-refractivity contribution in [3.8, 4) is 0 Å². The molecule has 0 saturated heterocycles. The first-order chi connectivity index (χ1) is 6.38. The molecule has 2 nitrogen and oxygen atoms in total. The van der Waals surface area contributed by atoms with Crippen molar-refractivity contribution in [2.24, 2.45) is 17.8 Å². The van der Waals surface area contributed by atoms with Gasteiger partial charge in [-0.1, -0.05) is 27.2 Å². The lowest BCUT2D eigenvalue weighted by Gasteiger charge is -2.42. The molecule has 0 unspecified atom stereocenters. The highest BCUT2D eigenvalue weighted by Crippen LogP contribution is 2.41. The minimum Gasteiger partial charge on any atom is -0.382 e. The first kappa shape index (κ1) is 11.7. The van der Waals surface area contributed by atoms with Crippen LogP contribution in [0.1, 0.15) is 47.0 Å². The summed E-state index contributed by atoms with van der Waals surface area (Å²) >= 11 is 0. The van der Waals surface area contributed by atoms with Gasteiger partial charge in [0, 0.05) is 0 Å². The highest BCUT2D eigenvalue weighted by atomic mass is 16.3. The zero-order valence-electron chi connectivity index (χ0n) is 9.71. The Balaban J connectivity index is 2.88. The monoisotopic (exact) mass is 198 g/mol. The predicted molar refractivity (Wildman–Crippen MR) is 57.0 cm³/mol. The molecule has 0 heterocycles. The molecular formula is C12H22O2. The Morgan fingerprint density at radius 1 is 1.43 bits per heavy atom. The molecule has 0 amide bonds. The van der Waals surface area contributed by atoms with E-state index in [2.05, 4.69) is 20.8 Å². The van der Waals surface area contributed by atoms with Gasteiger partial charge in [-0.15, -0.1) is 0 Å². The smallest absolute Gasteiger partial charge is 0.161 e.